The Morgan fingerprint density at radius 2 is 1.97 bits per heavy atom. The van der Waals surface area contributed by atoms with Gasteiger partial charge in [0.2, 0.25) is 0 Å². The zero-order valence-corrected chi connectivity index (χ0v) is 20.1. The Hall–Kier alpha value is -2.29. The first kappa shape index (κ1) is 24.4. The lowest BCUT2D eigenvalue weighted by Gasteiger charge is -2.25. The Morgan fingerprint density at radius 1 is 1.19 bits per heavy atom. The number of rotatable bonds is 12. The van der Waals surface area contributed by atoms with Gasteiger partial charge < -0.3 is 9.57 Å². The number of aromatic nitrogens is 1. The minimum Gasteiger partial charge on any atom is -0.494 e. The smallest absolute Gasteiger partial charge is 0.131 e. The summed E-state index contributed by atoms with van der Waals surface area (Å²) >= 11 is 5.98. The molecule has 9 heteroatoms. The number of anilines is 1. The van der Waals surface area contributed by atoms with Gasteiger partial charge in [0.25, 0.3) is 0 Å². The van der Waals surface area contributed by atoms with Crippen molar-refractivity contribution in [3.05, 3.63) is 53.3 Å². The molecular weight excluding hydrogens is 448 g/mol. The van der Waals surface area contributed by atoms with Gasteiger partial charge in [0.1, 0.15) is 27.4 Å². The van der Waals surface area contributed by atoms with Crippen molar-refractivity contribution in [3.8, 4) is 5.75 Å². The van der Waals surface area contributed by atoms with Crippen LogP contribution in [0.3, 0.4) is 0 Å². The maximum Gasteiger partial charge on any atom is 0.131 e. The van der Waals surface area contributed by atoms with Crippen LogP contribution in [0.15, 0.2) is 47.8 Å². The van der Waals surface area contributed by atoms with Gasteiger partial charge in [-0.2, -0.15) is 0 Å². The molecule has 0 amide bonds. The summed E-state index contributed by atoms with van der Waals surface area (Å²) in [5.74, 6) is 4.86. The second-order valence-electron chi connectivity index (χ2n) is 7.46. The first-order valence-electron chi connectivity index (χ1n) is 10.9. The van der Waals surface area contributed by atoms with Crippen LogP contribution in [0.4, 0.5) is 5.69 Å². The lowest BCUT2D eigenvalue weighted by molar-refractivity contribution is 0.160. The monoisotopic (exact) mass is 478 g/mol. The van der Waals surface area contributed by atoms with E-state index in [0.29, 0.717) is 24.9 Å². The van der Waals surface area contributed by atoms with E-state index in [4.69, 9.17) is 21.2 Å². The zero-order chi connectivity index (χ0) is 22.8. The molecule has 0 spiro atoms. The van der Waals surface area contributed by atoms with Crippen LogP contribution in [-0.2, 0) is 14.7 Å². The van der Waals surface area contributed by atoms with Crippen molar-refractivity contribution in [1.82, 2.24) is 9.29 Å². The molecule has 1 unspecified atom stereocenters. The van der Waals surface area contributed by atoms with Gasteiger partial charge in [0.15, 0.2) is 0 Å². The SMILES string of the molecule is C=S1(=O)N(CCCCCCOc2ccc(/C=N/OCC)cc2)CCN1c1ccnc(Cl)c1. The molecule has 0 radical (unpaired) electrons. The van der Waals surface area contributed by atoms with Crippen LogP contribution in [0, 0.1) is 0 Å². The van der Waals surface area contributed by atoms with Gasteiger partial charge >= 0.3 is 0 Å². The van der Waals surface area contributed by atoms with E-state index < -0.39 is 9.89 Å². The van der Waals surface area contributed by atoms with E-state index in [1.54, 1.807) is 18.5 Å². The van der Waals surface area contributed by atoms with Crippen LogP contribution in [-0.4, -0.2) is 58.4 Å². The predicted molar refractivity (Wildman–Crippen MR) is 133 cm³/mol. The first-order valence-corrected chi connectivity index (χ1v) is 12.9. The maximum atomic E-state index is 13.2. The van der Waals surface area contributed by atoms with Crippen LogP contribution in [0.25, 0.3) is 0 Å². The number of nitrogens with zero attached hydrogens (tertiary/aromatic N) is 4. The van der Waals surface area contributed by atoms with E-state index in [0.717, 1.165) is 55.8 Å². The Balaban J connectivity index is 1.32. The summed E-state index contributed by atoms with van der Waals surface area (Å²) in [5, 5.41) is 4.25. The quantitative estimate of drug-likeness (QED) is 0.149. The fraction of sp³-hybridized carbons (Fsp3) is 0.435. The fourth-order valence-corrected chi connectivity index (χ4v) is 5.52. The number of pyridine rings is 1. The summed E-state index contributed by atoms with van der Waals surface area (Å²) in [7, 11) is -2.50. The van der Waals surface area contributed by atoms with Gasteiger partial charge in [-0.25, -0.2) is 13.5 Å². The van der Waals surface area contributed by atoms with E-state index in [1.165, 1.54) is 0 Å². The number of hydrogen-bond donors (Lipinski definition) is 0. The third kappa shape index (κ3) is 6.85. The Morgan fingerprint density at radius 3 is 2.72 bits per heavy atom. The molecule has 1 aromatic heterocycles. The van der Waals surface area contributed by atoms with Gasteiger partial charge in [-0.15, -0.1) is 0 Å². The van der Waals surface area contributed by atoms with E-state index in [1.807, 2.05) is 45.9 Å². The number of ether oxygens (including phenoxy) is 1. The highest BCUT2D eigenvalue weighted by atomic mass is 35.5. The second-order valence-corrected chi connectivity index (χ2v) is 10.0. The molecule has 0 aliphatic carbocycles. The fourth-order valence-electron chi connectivity index (χ4n) is 3.48. The van der Waals surface area contributed by atoms with Crippen molar-refractivity contribution in [1.29, 1.82) is 0 Å². The van der Waals surface area contributed by atoms with Gasteiger partial charge in [-0.3, -0.25) is 4.31 Å². The van der Waals surface area contributed by atoms with Crippen LogP contribution >= 0.6 is 11.6 Å². The van der Waals surface area contributed by atoms with Crippen LogP contribution < -0.4 is 9.04 Å². The van der Waals surface area contributed by atoms with Gasteiger partial charge in [0, 0.05) is 25.8 Å². The molecule has 7 nitrogen and oxygen atoms in total. The van der Waals surface area contributed by atoms with E-state index in [2.05, 4.69) is 16.0 Å². The van der Waals surface area contributed by atoms with Gasteiger partial charge in [-0.05, 0) is 67.6 Å². The topological polar surface area (TPSA) is 67.3 Å². The molecule has 0 bridgehead atoms. The highest BCUT2D eigenvalue weighted by molar-refractivity contribution is 7.99. The van der Waals surface area contributed by atoms with Crippen molar-refractivity contribution >= 4 is 39.3 Å². The van der Waals surface area contributed by atoms with Gasteiger partial charge in [0.05, 0.1) is 18.5 Å². The minimum atomic E-state index is -2.50. The summed E-state index contributed by atoms with van der Waals surface area (Å²) in [6.45, 7) is 5.31. The predicted octanol–water partition coefficient (Wildman–Crippen LogP) is 4.41. The molecule has 2 aromatic rings. The molecule has 1 aliphatic heterocycles. The molecule has 1 saturated heterocycles. The molecule has 1 atom stereocenters. The van der Waals surface area contributed by atoms with Crippen molar-refractivity contribution < 1.29 is 13.8 Å². The number of hydrogen-bond acceptors (Lipinski definition) is 5. The second kappa shape index (κ2) is 12.1. The normalized spacial score (nSPS) is 19.0. The first-order chi connectivity index (χ1) is 15.5. The average Bonchev–Trinajstić information content (AvgIpc) is 3.08. The van der Waals surface area contributed by atoms with E-state index >= 15 is 0 Å². The highest BCUT2D eigenvalue weighted by Crippen LogP contribution is 2.26. The summed E-state index contributed by atoms with van der Waals surface area (Å²) in [6.07, 6.45) is 7.39. The molecule has 2 heterocycles. The summed E-state index contributed by atoms with van der Waals surface area (Å²) in [4.78, 5) is 8.95. The molecule has 0 N–H and O–H groups in total. The van der Waals surface area contributed by atoms with E-state index in [-0.39, 0.29) is 0 Å². The molecule has 32 heavy (non-hydrogen) atoms. The number of oxime groups is 1. The van der Waals surface area contributed by atoms with Gasteiger partial charge in [-0.1, -0.05) is 29.6 Å². The molecule has 0 saturated carbocycles. The third-order valence-corrected chi connectivity index (χ3v) is 7.62. The van der Waals surface area contributed by atoms with Crippen LogP contribution in [0.1, 0.15) is 38.2 Å². The molecule has 3 rings (SSSR count). The van der Waals surface area contributed by atoms with Crippen LogP contribution in [0.2, 0.25) is 5.15 Å². The molecule has 1 aromatic carbocycles. The summed E-state index contributed by atoms with van der Waals surface area (Å²) in [5.41, 5.74) is 1.78. The van der Waals surface area contributed by atoms with Crippen molar-refractivity contribution in [2.75, 3.05) is 37.2 Å². The number of unbranched alkanes of at least 4 members (excludes halogenated alkanes) is 3. The Bertz CT molecular complexity index is 983. The van der Waals surface area contributed by atoms with E-state index in [9.17, 15) is 4.21 Å². The zero-order valence-electron chi connectivity index (χ0n) is 18.5. The standard InChI is InChI=1S/C23H31ClN4O3S/c1-3-31-26-19-20-8-10-22(11-9-20)30-17-7-5-4-6-14-27-15-16-28(32(27,2)29)21-12-13-25-23(24)18-21/h8-13,18-19H,2-7,14-17H2,1H3/b26-19+. The molecular formula is C23H31ClN4O3S. The average molecular weight is 479 g/mol. The van der Waals surface area contributed by atoms with Crippen LogP contribution in [0.5, 0.6) is 5.75 Å². The lowest BCUT2D eigenvalue weighted by Crippen LogP contribution is -2.33. The Labute approximate surface area is 196 Å². The summed E-state index contributed by atoms with van der Waals surface area (Å²) < 4.78 is 22.8. The van der Waals surface area contributed by atoms with Crippen molar-refractivity contribution in [3.63, 3.8) is 0 Å². The highest BCUT2D eigenvalue weighted by Gasteiger charge is 2.30. The largest absolute Gasteiger partial charge is 0.494 e. The summed E-state index contributed by atoms with van der Waals surface area (Å²) in [6, 6.07) is 11.3. The van der Waals surface area contributed by atoms with Crippen molar-refractivity contribution in [2.24, 2.45) is 5.16 Å². The lowest BCUT2D eigenvalue weighted by atomic mass is 10.2. The minimum absolute atomic E-state index is 0.393. The third-order valence-electron chi connectivity index (χ3n) is 5.15. The van der Waals surface area contributed by atoms with Crippen molar-refractivity contribution in [2.45, 2.75) is 32.6 Å². The molecule has 1 aliphatic rings. The Kier molecular flexibility index (Phi) is 9.20. The molecule has 174 valence electrons. The molecule has 1 fully saturated rings. The maximum absolute atomic E-state index is 13.2. The number of halogens is 1. The number of benzene rings is 1.